The second-order valence-corrected chi connectivity index (χ2v) is 12.9. The van der Waals surface area contributed by atoms with E-state index in [4.69, 9.17) is 29.3 Å². The lowest BCUT2D eigenvalue weighted by atomic mass is 10.1. The molecule has 0 saturated carbocycles. The van der Waals surface area contributed by atoms with Gasteiger partial charge in [0.2, 0.25) is 0 Å². The van der Waals surface area contributed by atoms with Crippen LogP contribution in [0, 0.1) is 0 Å². The van der Waals surface area contributed by atoms with Gasteiger partial charge in [-0.1, -0.05) is 116 Å². The summed E-state index contributed by atoms with van der Waals surface area (Å²) in [5, 5.41) is 3.04. The molecule has 9 aromatic rings. The zero-order chi connectivity index (χ0) is 33.6. The highest BCUT2D eigenvalue weighted by molar-refractivity contribution is 7.26. The molecule has 0 aliphatic rings. The third-order valence-corrected chi connectivity index (χ3v) is 9.81. The Morgan fingerprint density at radius 2 is 1.18 bits per heavy atom. The lowest BCUT2D eigenvalue weighted by molar-refractivity contribution is 0.669. The van der Waals surface area contributed by atoms with Crippen molar-refractivity contribution in [3.8, 4) is 45.6 Å². The van der Waals surface area contributed by atoms with Crippen molar-refractivity contribution in [1.82, 2.24) is 24.9 Å². The van der Waals surface area contributed by atoms with Gasteiger partial charge in [-0.2, -0.15) is 0 Å². The van der Waals surface area contributed by atoms with Gasteiger partial charge in [-0.05, 0) is 42.0 Å². The molecule has 0 radical (unpaired) electrons. The number of allylic oxidation sites excluding steroid dienone is 4. The number of hydrogen-bond acceptors (Lipinski definition) is 7. The van der Waals surface area contributed by atoms with E-state index < -0.39 is 0 Å². The fourth-order valence-corrected chi connectivity index (χ4v) is 7.36. The summed E-state index contributed by atoms with van der Waals surface area (Å²) in [6.07, 6.45) is 5.54. The van der Waals surface area contributed by atoms with Crippen LogP contribution in [0.15, 0.2) is 157 Å². The summed E-state index contributed by atoms with van der Waals surface area (Å²) in [7, 11) is 0. The van der Waals surface area contributed by atoms with Crippen LogP contribution in [0.5, 0.6) is 0 Å². The van der Waals surface area contributed by atoms with Crippen molar-refractivity contribution in [2.45, 2.75) is 0 Å². The van der Waals surface area contributed by atoms with Gasteiger partial charge in [0.05, 0.1) is 15.9 Å². The van der Waals surface area contributed by atoms with Gasteiger partial charge in [-0.25, -0.2) is 24.9 Å². The molecule has 0 bridgehead atoms. The number of nitrogens with zero attached hydrogens (tertiary/aromatic N) is 5. The van der Waals surface area contributed by atoms with Crippen molar-refractivity contribution in [3.63, 3.8) is 0 Å². The van der Waals surface area contributed by atoms with E-state index in [9.17, 15) is 0 Å². The van der Waals surface area contributed by atoms with Crippen LogP contribution < -0.4 is 0 Å². The summed E-state index contributed by atoms with van der Waals surface area (Å²) < 4.78 is 8.58. The first-order chi connectivity index (χ1) is 24.6. The van der Waals surface area contributed by atoms with Crippen molar-refractivity contribution >= 4 is 59.2 Å². The monoisotopic (exact) mass is 661 g/mol. The molecule has 0 fully saturated rings. The normalized spacial score (nSPS) is 11.7. The average molecular weight is 662 g/mol. The lowest BCUT2D eigenvalue weighted by Gasteiger charge is -2.08. The fraction of sp³-hybridized carbons (Fsp3) is 0. The topological polar surface area (TPSA) is 77.6 Å². The van der Waals surface area contributed by atoms with Gasteiger partial charge < -0.3 is 4.42 Å². The Labute approximate surface area is 291 Å². The minimum Gasteiger partial charge on any atom is -0.456 e. The number of aromatic nitrogens is 5. The maximum absolute atomic E-state index is 6.42. The minimum atomic E-state index is 0.591. The van der Waals surface area contributed by atoms with Crippen molar-refractivity contribution in [2.75, 3.05) is 0 Å². The summed E-state index contributed by atoms with van der Waals surface area (Å²) in [5.41, 5.74) is 7.60. The molecule has 0 amide bonds. The van der Waals surface area contributed by atoms with Crippen LogP contribution in [0.3, 0.4) is 0 Å². The largest absolute Gasteiger partial charge is 0.456 e. The smallest absolute Gasteiger partial charge is 0.164 e. The highest BCUT2D eigenvalue weighted by atomic mass is 32.1. The SMILES string of the molecule is C=C/C=C\C(=C)c1nc(-c2ccc3c(c2)oc2ccc(-c4nc(-c5ccccc5)nc(-c5ccccc5)n4)cc23)nc2c1sc1ccccc12. The van der Waals surface area contributed by atoms with Crippen LogP contribution in [0.4, 0.5) is 0 Å². The number of rotatable bonds is 7. The standard InChI is InChI=1S/C43H27N5OS/c1-3-4-13-26(2)37-39-38(32-18-11-12-19-36(32)50-39)45-42(44-37)30-20-22-31-33-24-29(21-23-34(33)49-35(31)25-30)43-47-40(27-14-7-5-8-15-27)46-41(48-43)28-16-9-6-10-17-28/h3-25H,1-2H2/b13-4-. The van der Waals surface area contributed by atoms with E-state index in [-0.39, 0.29) is 0 Å². The maximum Gasteiger partial charge on any atom is 0.164 e. The van der Waals surface area contributed by atoms with Crippen LogP contribution in [0.25, 0.3) is 93.4 Å². The Balaban J connectivity index is 1.17. The molecular weight excluding hydrogens is 635 g/mol. The number of furan rings is 1. The van der Waals surface area contributed by atoms with E-state index in [0.717, 1.165) is 75.8 Å². The number of thiophene rings is 1. The fourth-order valence-electron chi connectivity index (χ4n) is 6.19. The molecule has 0 saturated heterocycles. The summed E-state index contributed by atoms with van der Waals surface area (Å²) >= 11 is 1.68. The Morgan fingerprint density at radius 3 is 1.90 bits per heavy atom. The molecule has 9 rings (SSSR count). The van der Waals surface area contributed by atoms with Crippen molar-refractivity contribution in [1.29, 1.82) is 0 Å². The summed E-state index contributed by atoms with van der Waals surface area (Å²) in [4.78, 5) is 24.8. The molecular formula is C43H27N5OS. The molecule has 0 atom stereocenters. The Morgan fingerprint density at radius 1 is 0.560 bits per heavy atom. The van der Waals surface area contributed by atoms with Gasteiger partial charge in [0.1, 0.15) is 11.2 Å². The average Bonchev–Trinajstić information content (AvgIpc) is 3.74. The van der Waals surface area contributed by atoms with Gasteiger partial charge in [0.15, 0.2) is 23.3 Å². The molecule has 6 nitrogen and oxygen atoms in total. The van der Waals surface area contributed by atoms with Crippen LogP contribution in [0.2, 0.25) is 0 Å². The quantitative estimate of drug-likeness (QED) is 0.158. The van der Waals surface area contributed by atoms with Crippen LogP contribution >= 0.6 is 11.3 Å². The highest BCUT2D eigenvalue weighted by Gasteiger charge is 2.18. The molecule has 0 aliphatic heterocycles. The van der Waals surface area contributed by atoms with Gasteiger partial charge in [0, 0.05) is 43.1 Å². The van der Waals surface area contributed by atoms with E-state index >= 15 is 0 Å². The zero-order valence-electron chi connectivity index (χ0n) is 26.7. The lowest BCUT2D eigenvalue weighted by Crippen LogP contribution is -2.00. The zero-order valence-corrected chi connectivity index (χ0v) is 27.6. The van der Waals surface area contributed by atoms with Crippen molar-refractivity contribution in [3.05, 3.63) is 158 Å². The summed E-state index contributed by atoms with van der Waals surface area (Å²) in [5.74, 6) is 2.44. The summed E-state index contributed by atoms with van der Waals surface area (Å²) in [6.45, 7) is 8.14. The van der Waals surface area contributed by atoms with E-state index in [0.29, 0.717) is 23.3 Å². The predicted molar refractivity (Wildman–Crippen MR) is 206 cm³/mol. The number of fused-ring (bicyclic) bond motifs is 6. The maximum atomic E-state index is 6.42. The van der Waals surface area contributed by atoms with E-state index in [2.05, 4.69) is 43.5 Å². The molecule has 236 valence electrons. The third kappa shape index (κ3) is 5.17. The van der Waals surface area contributed by atoms with Crippen LogP contribution in [0.1, 0.15) is 5.69 Å². The Hall–Kier alpha value is -6.57. The van der Waals surface area contributed by atoms with E-state index in [1.807, 2.05) is 103 Å². The number of hydrogen-bond donors (Lipinski definition) is 0. The molecule has 0 unspecified atom stereocenters. The van der Waals surface area contributed by atoms with Gasteiger partial charge in [0.25, 0.3) is 0 Å². The van der Waals surface area contributed by atoms with Crippen LogP contribution in [-0.4, -0.2) is 24.9 Å². The molecule has 4 heterocycles. The first kappa shape index (κ1) is 29.6. The summed E-state index contributed by atoms with van der Waals surface area (Å²) in [6, 6.07) is 40.5. The van der Waals surface area contributed by atoms with Crippen LogP contribution in [-0.2, 0) is 0 Å². The van der Waals surface area contributed by atoms with E-state index in [1.54, 1.807) is 17.4 Å². The molecule has 0 spiro atoms. The first-order valence-corrected chi connectivity index (χ1v) is 17.0. The van der Waals surface area contributed by atoms with E-state index in [1.165, 1.54) is 0 Å². The molecule has 50 heavy (non-hydrogen) atoms. The molecule has 5 aromatic carbocycles. The molecule has 4 aromatic heterocycles. The number of benzene rings is 5. The Kier molecular flexibility index (Phi) is 7.18. The minimum absolute atomic E-state index is 0.591. The second kappa shape index (κ2) is 12.1. The third-order valence-electron chi connectivity index (χ3n) is 8.64. The predicted octanol–water partition coefficient (Wildman–Crippen LogP) is 11.4. The highest BCUT2D eigenvalue weighted by Crippen LogP contribution is 2.39. The molecule has 0 aliphatic carbocycles. The molecule has 7 heteroatoms. The van der Waals surface area contributed by atoms with Gasteiger partial charge in [-0.3, -0.25) is 0 Å². The van der Waals surface area contributed by atoms with Gasteiger partial charge in [-0.15, -0.1) is 11.3 Å². The van der Waals surface area contributed by atoms with Crippen molar-refractivity contribution < 1.29 is 4.42 Å². The molecule has 0 N–H and O–H groups in total. The second-order valence-electron chi connectivity index (χ2n) is 11.9. The Bertz CT molecular complexity index is 2740. The van der Waals surface area contributed by atoms with Gasteiger partial charge >= 0.3 is 0 Å². The first-order valence-electron chi connectivity index (χ1n) is 16.1. The van der Waals surface area contributed by atoms with Crippen molar-refractivity contribution in [2.24, 2.45) is 0 Å².